The molecular weight excluding hydrogens is 156 g/mol. The molecule has 2 rings (SSSR count). The van der Waals surface area contributed by atoms with Gasteiger partial charge < -0.3 is 14.6 Å². The Morgan fingerprint density at radius 3 is 2.08 bits per heavy atom. The fourth-order valence-corrected chi connectivity index (χ4v) is 2.20. The van der Waals surface area contributed by atoms with Gasteiger partial charge in [0.2, 0.25) is 0 Å². The molecule has 0 aromatic carbocycles. The van der Waals surface area contributed by atoms with Crippen LogP contribution >= 0.6 is 0 Å². The zero-order valence-electron chi connectivity index (χ0n) is 7.51. The summed E-state index contributed by atoms with van der Waals surface area (Å²) in [6.45, 7) is 3.07. The van der Waals surface area contributed by atoms with Crippen molar-refractivity contribution in [3.8, 4) is 0 Å². The Morgan fingerprint density at radius 2 is 1.58 bits per heavy atom. The normalized spacial score (nSPS) is 32.5. The van der Waals surface area contributed by atoms with Crippen molar-refractivity contribution in [1.82, 2.24) is 0 Å². The van der Waals surface area contributed by atoms with Crippen molar-refractivity contribution >= 4 is 0 Å². The van der Waals surface area contributed by atoms with Crippen LogP contribution in [0, 0.1) is 0 Å². The van der Waals surface area contributed by atoms with E-state index in [0.717, 1.165) is 25.7 Å². The minimum absolute atomic E-state index is 0.610. The molecule has 0 radical (unpaired) electrons. The summed E-state index contributed by atoms with van der Waals surface area (Å²) in [5, 5.41) is 10.2. The van der Waals surface area contributed by atoms with E-state index in [9.17, 15) is 5.11 Å². The largest absolute Gasteiger partial charge is 0.384 e. The summed E-state index contributed by atoms with van der Waals surface area (Å²) < 4.78 is 10.9. The molecule has 0 aromatic rings. The zero-order chi connectivity index (χ0) is 8.66. The zero-order valence-corrected chi connectivity index (χ0v) is 7.51. The molecule has 1 heterocycles. The Kier molecular flexibility index (Phi) is 1.90. The Hall–Kier alpha value is -0.120. The van der Waals surface area contributed by atoms with Crippen molar-refractivity contribution < 1.29 is 14.6 Å². The Morgan fingerprint density at radius 1 is 1.08 bits per heavy atom. The molecule has 1 saturated heterocycles. The van der Waals surface area contributed by atoms with Gasteiger partial charge in [0.25, 0.3) is 0 Å². The second-order valence-electron chi connectivity index (χ2n) is 3.88. The third-order valence-corrected chi connectivity index (χ3v) is 3.11. The van der Waals surface area contributed by atoms with Crippen molar-refractivity contribution in [2.24, 2.45) is 0 Å². The van der Waals surface area contributed by atoms with Crippen LogP contribution in [0.2, 0.25) is 0 Å². The van der Waals surface area contributed by atoms with Crippen LogP contribution < -0.4 is 0 Å². The Labute approximate surface area is 72.7 Å². The maximum absolute atomic E-state index is 10.2. The molecule has 2 fully saturated rings. The van der Waals surface area contributed by atoms with Gasteiger partial charge in [-0.2, -0.15) is 0 Å². The first kappa shape index (κ1) is 8.48. The summed E-state index contributed by atoms with van der Waals surface area (Å²) in [5.41, 5.74) is -0.733. The number of hydrogen-bond acceptors (Lipinski definition) is 3. The maximum Gasteiger partial charge on any atom is 0.194 e. The second-order valence-corrected chi connectivity index (χ2v) is 3.88. The highest BCUT2D eigenvalue weighted by Crippen LogP contribution is 2.42. The molecule has 2 aliphatic rings. The number of aliphatic hydroxyl groups is 1. The molecule has 1 aliphatic heterocycles. The molecule has 0 spiro atoms. The highest BCUT2D eigenvalue weighted by Gasteiger charge is 2.52. The molecule has 12 heavy (non-hydrogen) atoms. The average molecular weight is 172 g/mol. The molecular formula is C9H16O3. The van der Waals surface area contributed by atoms with Crippen LogP contribution in [0.4, 0.5) is 0 Å². The quantitative estimate of drug-likeness (QED) is 0.642. The van der Waals surface area contributed by atoms with Gasteiger partial charge in [-0.05, 0) is 19.8 Å². The minimum atomic E-state index is -0.733. The van der Waals surface area contributed by atoms with Crippen LogP contribution in [0.15, 0.2) is 0 Å². The molecule has 0 aromatic heterocycles. The molecule has 1 aliphatic carbocycles. The van der Waals surface area contributed by atoms with E-state index >= 15 is 0 Å². The van der Waals surface area contributed by atoms with Crippen molar-refractivity contribution in [2.75, 3.05) is 13.2 Å². The second kappa shape index (κ2) is 2.69. The molecule has 1 N–H and O–H groups in total. The maximum atomic E-state index is 10.2. The van der Waals surface area contributed by atoms with E-state index in [0.29, 0.717) is 13.2 Å². The van der Waals surface area contributed by atoms with Gasteiger partial charge in [0, 0.05) is 0 Å². The summed E-state index contributed by atoms with van der Waals surface area (Å²) in [7, 11) is 0. The number of ether oxygens (including phenoxy) is 2. The topological polar surface area (TPSA) is 38.7 Å². The van der Waals surface area contributed by atoms with Crippen molar-refractivity contribution in [3.05, 3.63) is 0 Å². The van der Waals surface area contributed by atoms with Gasteiger partial charge in [-0.25, -0.2) is 0 Å². The molecule has 70 valence electrons. The van der Waals surface area contributed by atoms with Crippen LogP contribution in [0.1, 0.15) is 32.6 Å². The summed E-state index contributed by atoms with van der Waals surface area (Å²) in [5.74, 6) is -0.733. The van der Waals surface area contributed by atoms with E-state index in [1.54, 1.807) is 0 Å². The van der Waals surface area contributed by atoms with E-state index in [-0.39, 0.29) is 0 Å². The third kappa shape index (κ3) is 1.08. The van der Waals surface area contributed by atoms with E-state index < -0.39 is 11.4 Å². The summed E-state index contributed by atoms with van der Waals surface area (Å²) in [6, 6.07) is 0. The first-order valence-electron chi connectivity index (χ1n) is 4.67. The van der Waals surface area contributed by atoms with Crippen LogP contribution in [-0.2, 0) is 9.47 Å². The van der Waals surface area contributed by atoms with Crippen LogP contribution in [0.25, 0.3) is 0 Å². The number of rotatable bonds is 1. The SMILES string of the molecule is CC1(C2(O)CCCC2)OCCO1. The summed E-state index contributed by atoms with van der Waals surface area (Å²) in [6.07, 6.45) is 3.78. The van der Waals surface area contributed by atoms with Crippen molar-refractivity contribution in [1.29, 1.82) is 0 Å². The van der Waals surface area contributed by atoms with Crippen molar-refractivity contribution in [3.63, 3.8) is 0 Å². The molecule has 0 unspecified atom stereocenters. The standard InChI is InChI=1S/C9H16O3/c1-8(11-6-7-12-8)9(10)4-2-3-5-9/h10H,2-7H2,1H3. The molecule has 1 saturated carbocycles. The van der Waals surface area contributed by atoms with Crippen LogP contribution in [0.5, 0.6) is 0 Å². The van der Waals surface area contributed by atoms with Crippen molar-refractivity contribution in [2.45, 2.75) is 44.0 Å². The van der Waals surface area contributed by atoms with Gasteiger partial charge in [0.1, 0.15) is 5.60 Å². The first-order valence-corrected chi connectivity index (χ1v) is 4.67. The summed E-state index contributed by atoms with van der Waals surface area (Å²) in [4.78, 5) is 0. The lowest BCUT2D eigenvalue weighted by molar-refractivity contribution is -0.255. The Bertz CT molecular complexity index is 147. The van der Waals surface area contributed by atoms with E-state index in [4.69, 9.17) is 9.47 Å². The van der Waals surface area contributed by atoms with Crippen LogP contribution in [-0.4, -0.2) is 29.7 Å². The van der Waals surface area contributed by atoms with Gasteiger partial charge in [-0.1, -0.05) is 12.8 Å². The molecule has 0 amide bonds. The van der Waals surface area contributed by atoms with Gasteiger partial charge >= 0.3 is 0 Å². The molecule has 0 bridgehead atoms. The van der Waals surface area contributed by atoms with E-state index in [1.807, 2.05) is 6.92 Å². The van der Waals surface area contributed by atoms with Gasteiger partial charge in [-0.15, -0.1) is 0 Å². The van der Waals surface area contributed by atoms with Gasteiger partial charge in [0.15, 0.2) is 5.79 Å². The monoisotopic (exact) mass is 172 g/mol. The molecule has 3 nitrogen and oxygen atoms in total. The minimum Gasteiger partial charge on any atom is -0.384 e. The lowest BCUT2D eigenvalue weighted by Crippen LogP contribution is -2.51. The number of hydrogen-bond donors (Lipinski definition) is 1. The van der Waals surface area contributed by atoms with Gasteiger partial charge in [-0.3, -0.25) is 0 Å². The van der Waals surface area contributed by atoms with Crippen LogP contribution in [0.3, 0.4) is 0 Å². The third-order valence-electron chi connectivity index (χ3n) is 3.11. The lowest BCUT2D eigenvalue weighted by atomic mass is 9.92. The Balaban J connectivity index is 2.14. The van der Waals surface area contributed by atoms with E-state index in [2.05, 4.69) is 0 Å². The predicted octanol–water partition coefficient (Wildman–Crippen LogP) is 1.05. The molecule has 3 heteroatoms. The van der Waals surface area contributed by atoms with E-state index in [1.165, 1.54) is 0 Å². The fraction of sp³-hybridized carbons (Fsp3) is 1.00. The first-order chi connectivity index (χ1) is 5.66. The lowest BCUT2D eigenvalue weighted by Gasteiger charge is -2.37. The predicted molar refractivity (Wildman–Crippen MR) is 43.7 cm³/mol. The van der Waals surface area contributed by atoms with Gasteiger partial charge in [0.05, 0.1) is 13.2 Å². The molecule has 0 atom stereocenters. The highest BCUT2D eigenvalue weighted by molar-refractivity contribution is 4.97. The average Bonchev–Trinajstić information content (AvgIpc) is 2.60. The fourth-order valence-electron chi connectivity index (χ4n) is 2.20. The summed E-state index contributed by atoms with van der Waals surface area (Å²) >= 11 is 0. The smallest absolute Gasteiger partial charge is 0.194 e. The highest BCUT2D eigenvalue weighted by atomic mass is 16.7.